The molecule has 0 saturated heterocycles. The van der Waals surface area contributed by atoms with Crippen LogP contribution in [0.15, 0.2) is 54.6 Å². The number of unbranched alkanes of at least 4 members (excludes halogenated alkanes) is 2. The van der Waals surface area contributed by atoms with E-state index in [1.54, 1.807) is 0 Å². The van der Waals surface area contributed by atoms with Crippen molar-refractivity contribution < 1.29 is 4.57 Å². The Morgan fingerprint density at radius 3 is 2.17 bits per heavy atom. The van der Waals surface area contributed by atoms with Crippen LogP contribution in [0.5, 0.6) is 0 Å². The van der Waals surface area contributed by atoms with Crippen LogP contribution in [0.2, 0.25) is 0 Å². The van der Waals surface area contributed by atoms with E-state index in [0.717, 1.165) is 13.1 Å². The Morgan fingerprint density at radius 1 is 0.828 bits per heavy atom. The highest BCUT2D eigenvalue weighted by Gasteiger charge is 2.09. The minimum atomic E-state index is 1.15. The van der Waals surface area contributed by atoms with E-state index in [1.807, 2.05) is 0 Å². The number of pyridine rings is 1. The van der Waals surface area contributed by atoms with Crippen molar-refractivity contribution in [1.29, 1.82) is 0 Å². The average molecular weight is 388 g/mol. The summed E-state index contributed by atoms with van der Waals surface area (Å²) < 4.78 is 2.26. The first-order valence-corrected chi connectivity index (χ1v) is 11.0. The van der Waals surface area contributed by atoms with E-state index >= 15 is 0 Å². The lowest BCUT2D eigenvalue weighted by Gasteiger charge is -2.24. The molecule has 0 spiro atoms. The molecule has 0 unspecified atom stereocenters. The maximum Gasteiger partial charge on any atom is 0.212 e. The first-order chi connectivity index (χ1) is 14.1. The van der Waals surface area contributed by atoms with Crippen LogP contribution >= 0.6 is 0 Å². The van der Waals surface area contributed by atoms with E-state index in [9.17, 15) is 0 Å². The fraction of sp³-hybridized carbons (Fsp3) is 0.370. The van der Waals surface area contributed by atoms with Gasteiger partial charge in [0.05, 0.1) is 0 Å². The van der Waals surface area contributed by atoms with E-state index in [2.05, 4.69) is 104 Å². The Labute approximate surface area is 176 Å². The van der Waals surface area contributed by atoms with Gasteiger partial charge in [-0.25, -0.2) is 0 Å². The number of hydrogen-bond donors (Lipinski definition) is 0. The van der Waals surface area contributed by atoms with E-state index < -0.39 is 0 Å². The highest BCUT2D eigenvalue weighted by molar-refractivity contribution is 5.78. The van der Waals surface area contributed by atoms with Crippen LogP contribution in [0.25, 0.3) is 23.1 Å². The third-order valence-corrected chi connectivity index (χ3v) is 5.63. The summed E-state index contributed by atoms with van der Waals surface area (Å²) in [5.74, 6) is 0. The first-order valence-electron chi connectivity index (χ1n) is 11.0. The van der Waals surface area contributed by atoms with Gasteiger partial charge in [0.2, 0.25) is 11.2 Å². The molecule has 3 aromatic rings. The molecule has 0 fully saturated rings. The molecular weight excluding hydrogens is 352 g/mol. The zero-order valence-electron chi connectivity index (χ0n) is 18.5. The number of rotatable bonds is 9. The standard InChI is InChI=1S/C27H35N2/c1-5-7-19-29(20-8-6-2)26-15-11-23(12-16-26)10-14-25-17-13-24-21-22(3)9-18-27(24)28(25)4/h9-18,21H,5-8,19-20H2,1-4H3/q+1. The maximum absolute atomic E-state index is 2.53. The molecule has 1 aromatic heterocycles. The van der Waals surface area contributed by atoms with E-state index in [4.69, 9.17) is 0 Å². The lowest BCUT2D eigenvalue weighted by atomic mass is 10.1. The molecule has 0 aliphatic carbocycles. The highest BCUT2D eigenvalue weighted by Crippen LogP contribution is 2.19. The predicted octanol–water partition coefficient (Wildman–Crippen LogP) is 6.55. The molecule has 0 N–H and O–H groups in total. The van der Waals surface area contributed by atoms with E-state index in [1.165, 1.54) is 59.1 Å². The zero-order chi connectivity index (χ0) is 20.6. The van der Waals surface area contributed by atoms with Crippen molar-refractivity contribution in [3.05, 3.63) is 71.4 Å². The van der Waals surface area contributed by atoms with Crippen molar-refractivity contribution in [2.24, 2.45) is 7.05 Å². The largest absolute Gasteiger partial charge is 0.372 e. The Kier molecular flexibility index (Phi) is 7.46. The average Bonchev–Trinajstić information content (AvgIpc) is 2.74. The highest BCUT2D eigenvalue weighted by atomic mass is 15.1. The van der Waals surface area contributed by atoms with Crippen molar-refractivity contribution in [3.63, 3.8) is 0 Å². The van der Waals surface area contributed by atoms with Crippen molar-refractivity contribution >= 4 is 28.7 Å². The van der Waals surface area contributed by atoms with Gasteiger partial charge in [-0.1, -0.05) is 50.5 Å². The number of benzene rings is 2. The maximum atomic E-state index is 2.53. The normalized spacial score (nSPS) is 11.4. The second kappa shape index (κ2) is 10.2. The smallest absolute Gasteiger partial charge is 0.212 e. The first kappa shape index (κ1) is 21.1. The summed E-state index contributed by atoms with van der Waals surface area (Å²) in [5, 5.41) is 1.29. The minimum Gasteiger partial charge on any atom is -0.372 e. The van der Waals surface area contributed by atoms with Crippen LogP contribution in [0.1, 0.15) is 56.4 Å². The number of anilines is 1. The Bertz CT molecular complexity index is 946. The molecule has 2 nitrogen and oxygen atoms in total. The molecule has 29 heavy (non-hydrogen) atoms. The molecule has 0 bridgehead atoms. The van der Waals surface area contributed by atoms with Crippen LogP contribution in [0, 0.1) is 6.92 Å². The van der Waals surface area contributed by atoms with Crippen LogP contribution in [-0.2, 0) is 7.05 Å². The van der Waals surface area contributed by atoms with Crippen LogP contribution < -0.4 is 9.47 Å². The topological polar surface area (TPSA) is 7.12 Å². The molecule has 2 aromatic carbocycles. The third kappa shape index (κ3) is 5.47. The summed E-state index contributed by atoms with van der Waals surface area (Å²) in [4.78, 5) is 2.53. The number of nitrogens with zero attached hydrogens (tertiary/aromatic N) is 2. The molecular formula is C27H35N2+. The molecule has 2 heteroatoms. The Morgan fingerprint density at radius 2 is 1.52 bits per heavy atom. The molecule has 152 valence electrons. The number of fused-ring (bicyclic) bond motifs is 1. The minimum absolute atomic E-state index is 1.15. The lowest BCUT2D eigenvalue weighted by Crippen LogP contribution is -2.32. The summed E-state index contributed by atoms with van der Waals surface area (Å²) in [5.41, 5.74) is 6.35. The summed E-state index contributed by atoms with van der Waals surface area (Å²) in [6, 6.07) is 20.1. The summed E-state index contributed by atoms with van der Waals surface area (Å²) in [7, 11) is 2.14. The molecule has 0 aliphatic heterocycles. The van der Waals surface area contributed by atoms with E-state index in [0.29, 0.717) is 0 Å². The number of aryl methyl sites for hydroxylation is 2. The molecule has 3 rings (SSSR count). The van der Waals surface area contributed by atoms with Crippen molar-refractivity contribution in [1.82, 2.24) is 0 Å². The quantitative estimate of drug-likeness (QED) is 0.378. The van der Waals surface area contributed by atoms with Crippen LogP contribution in [0.4, 0.5) is 5.69 Å². The summed E-state index contributed by atoms with van der Waals surface area (Å²) >= 11 is 0. The third-order valence-electron chi connectivity index (χ3n) is 5.63. The Balaban J connectivity index is 1.76. The fourth-order valence-corrected chi connectivity index (χ4v) is 3.75. The van der Waals surface area contributed by atoms with Crippen molar-refractivity contribution in [2.75, 3.05) is 18.0 Å². The van der Waals surface area contributed by atoms with Crippen molar-refractivity contribution in [2.45, 2.75) is 46.5 Å². The van der Waals surface area contributed by atoms with Gasteiger partial charge in [0.15, 0.2) is 0 Å². The van der Waals surface area contributed by atoms with Gasteiger partial charge in [-0.3, -0.25) is 0 Å². The van der Waals surface area contributed by atoms with Gasteiger partial charge in [0, 0.05) is 42.4 Å². The van der Waals surface area contributed by atoms with Gasteiger partial charge in [-0.2, -0.15) is 4.57 Å². The van der Waals surface area contributed by atoms with Gasteiger partial charge in [0.1, 0.15) is 7.05 Å². The van der Waals surface area contributed by atoms with Crippen LogP contribution in [0.3, 0.4) is 0 Å². The van der Waals surface area contributed by atoms with E-state index in [-0.39, 0.29) is 0 Å². The summed E-state index contributed by atoms with van der Waals surface area (Å²) in [6.45, 7) is 8.97. The second-order valence-electron chi connectivity index (χ2n) is 8.00. The second-order valence-corrected chi connectivity index (χ2v) is 8.00. The van der Waals surface area contributed by atoms with Gasteiger partial charge >= 0.3 is 0 Å². The van der Waals surface area contributed by atoms with Crippen LogP contribution in [-0.4, -0.2) is 13.1 Å². The summed E-state index contributed by atoms with van der Waals surface area (Å²) in [6.07, 6.45) is 9.41. The van der Waals surface area contributed by atoms with Gasteiger partial charge < -0.3 is 4.90 Å². The molecule has 0 aliphatic rings. The number of hydrogen-bond acceptors (Lipinski definition) is 1. The molecule has 0 radical (unpaired) electrons. The van der Waals surface area contributed by atoms with Gasteiger partial charge in [0.25, 0.3) is 0 Å². The van der Waals surface area contributed by atoms with Gasteiger partial charge in [-0.15, -0.1) is 0 Å². The molecule has 0 amide bonds. The predicted molar refractivity (Wildman–Crippen MR) is 127 cm³/mol. The molecule has 0 saturated carbocycles. The Hall–Kier alpha value is -2.61. The molecule has 0 atom stereocenters. The monoisotopic (exact) mass is 387 g/mol. The van der Waals surface area contributed by atoms with Crippen molar-refractivity contribution in [3.8, 4) is 0 Å². The van der Waals surface area contributed by atoms with Gasteiger partial charge in [-0.05, 0) is 55.7 Å². The lowest BCUT2D eigenvalue weighted by molar-refractivity contribution is -0.646. The zero-order valence-corrected chi connectivity index (χ0v) is 18.5. The fourth-order valence-electron chi connectivity index (χ4n) is 3.75. The SMILES string of the molecule is CCCCN(CCCC)c1ccc(/C=C/c2ccc3cc(C)ccc3[n+]2C)cc1. The number of aromatic nitrogens is 1. The molecule has 1 heterocycles.